The number of hydrogen-bond acceptors (Lipinski definition) is 0. The Morgan fingerprint density at radius 1 is 0.571 bits per heavy atom. The second-order valence-corrected chi connectivity index (χ2v) is 5.05. The number of halogens is 1. The highest BCUT2D eigenvalue weighted by Gasteiger charge is 2.04. The van der Waals surface area contributed by atoms with Crippen LogP contribution in [0.25, 0.3) is 16.7 Å². The van der Waals surface area contributed by atoms with Crippen molar-refractivity contribution in [1.82, 2.24) is 0 Å². The number of hydrogen-bond donors (Lipinski definition) is 0. The molecule has 0 radical (unpaired) electrons. The summed E-state index contributed by atoms with van der Waals surface area (Å²) in [6.07, 6.45) is 0. The lowest BCUT2D eigenvalue weighted by Gasteiger charge is -2.08. The zero-order valence-electron chi connectivity index (χ0n) is 11.5. The van der Waals surface area contributed by atoms with Crippen molar-refractivity contribution < 1.29 is 0 Å². The molecule has 0 heterocycles. The maximum atomic E-state index is 6.03. The van der Waals surface area contributed by atoms with Gasteiger partial charge >= 0.3 is 0 Å². The third kappa shape index (κ3) is 3.07. The first-order chi connectivity index (χ1) is 10.4. The minimum Gasteiger partial charge on any atom is -0.0923 e. The highest BCUT2D eigenvalue weighted by Crippen LogP contribution is 2.27. The summed E-state index contributed by atoms with van der Waals surface area (Å²) >= 11 is 6.03. The molecule has 1 heteroatoms. The van der Waals surface area contributed by atoms with Gasteiger partial charge in [-0.15, -0.1) is 0 Å². The summed E-state index contributed by atoms with van der Waals surface area (Å²) in [5.74, 6) is 0. The van der Waals surface area contributed by atoms with Crippen molar-refractivity contribution in [2.75, 3.05) is 0 Å². The molecular weight excluding hydrogens is 276 g/mol. The molecular formula is C20H15Cl. The number of rotatable bonds is 3. The Morgan fingerprint density at radius 2 is 1.05 bits per heavy atom. The predicted octanol–water partition coefficient (Wildman–Crippen LogP) is 5.98. The van der Waals surface area contributed by atoms with E-state index in [0.29, 0.717) is 0 Å². The molecule has 0 atom stereocenters. The van der Waals surface area contributed by atoms with Crippen LogP contribution in [-0.2, 0) is 0 Å². The summed E-state index contributed by atoms with van der Waals surface area (Å²) in [5.41, 5.74) is 7.36. The lowest BCUT2D eigenvalue weighted by Crippen LogP contribution is -1.87. The largest absolute Gasteiger partial charge is 0.0923 e. The highest BCUT2D eigenvalue weighted by molar-refractivity contribution is 6.29. The van der Waals surface area contributed by atoms with Crippen LogP contribution in [0.1, 0.15) is 11.1 Å². The molecule has 21 heavy (non-hydrogen) atoms. The Hall–Kier alpha value is -2.31. The van der Waals surface area contributed by atoms with E-state index in [1.807, 2.05) is 24.3 Å². The Balaban J connectivity index is 1.94. The fourth-order valence-electron chi connectivity index (χ4n) is 2.38. The molecule has 0 aliphatic rings. The third-order valence-electron chi connectivity index (χ3n) is 3.50. The van der Waals surface area contributed by atoms with Crippen LogP contribution in [0.2, 0.25) is 0 Å². The van der Waals surface area contributed by atoms with Crippen LogP contribution in [0, 0.1) is 0 Å². The van der Waals surface area contributed by atoms with Gasteiger partial charge in [0.15, 0.2) is 0 Å². The van der Waals surface area contributed by atoms with Gasteiger partial charge in [-0.3, -0.25) is 0 Å². The van der Waals surface area contributed by atoms with E-state index in [4.69, 9.17) is 11.6 Å². The van der Waals surface area contributed by atoms with Gasteiger partial charge in [-0.05, 0) is 22.3 Å². The van der Waals surface area contributed by atoms with Gasteiger partial charge in [-0.1, -0.05) is 96.5 Å². The van der Waals surface area contributed by atoms with Gasteiger partial charge in [0.1, 0.15) is 0 Å². The van der Waals surface area contributed by atoms with Crippen molar-refractivity contribution in [3.63, 3.8) is 0 Å². The molecule has 0 aromatic heterocycles. The molecule has 0 unspecified atom stereocenters. The van der Waals surface area contributed by atoms with Crippen LogP contribution >= 0.6 is 11.6 Å². The first-order valence-electron chi connectivity index (χ1n) is 6.90. The van der Waals surface area contributed by atoms with E-state index in [1.165, 1.54) is 11.1 Å². The summed E-state index contributed by atoms with van der Waals surface area (Å²) in [5, 5.41) is 0. The highest BCUT2D eigenvalue weighted by atomic mass is 35.5. The van der Waals surface area contributed by atoms with Crippen molar-refractivity contribution in [2.45, 2.75) is 0 Å². The molecule has 3 aromatic rings. The fourth-order valence-corrected chi connectivity index (χ4v) is 2.64. The van der Waals surface area contributed by atoms with Gasteiger partial charge in [0.05, 0.1) is 0 Å². The fraction of sp³-hybridized carbons (Fsp3) is 0. The van der Waals surface area contributed by atoms with Gasteiger partial charge < -0.3 is 0 Å². The summed E-state index contributed by atoms with van der Waals surface area (Å²) in [7, 11) is 0. The Kier molecular flexibility index (Phi) is 4.18. The van der Waals surface area contributed by atoms with E-state index in [2.05, 4.69) is 60.7 Å². The van der Waals surface area contributed by atoms with E-state index in [0.717, 1.165) is 16.7 Å². The quantitative estimate of drug-likeness (QED) is 0.556. The maximum Gasteiger partial charge on any atom is 0.0127 e. The monoisotopic (exact) mass is 290 g/mol. The lowest BCUT2D eigenvalue weighted by atomic mass is 9.97. The van der Waals surface area contributed by atoms with Crippen LogP contribution in [0.3, 0.4) is 0 Å². The molecule has 3 aromatic carbocycles. The Labute approximate surface area is 130 Å². The van der Waals surface area contributed by atoms with Crippen LogP contribution in [0.4, 0.5) is 0 Å². The second kappa shape index (κ2) is 6.43. The SMILES string of the molecule is Cl/C=C(/c1ccccc1)c1ccc(-c2ccccc2)cc1. The average molecular weight is 291 g/mol. The second-order valence-electron chi connectivity index (χ2n) is 4.83. The predicted molar refractivity (Wildman–Crippen MR) is 91.3 cm³/mol. The minimum atomic E-state index is 1.04. The molecule has 0 nitrogen and oxygen atoms in total. The van der Waals surface area contributed by atoms with Crippen molar-refractivity contribution in [2.24, 2.45) is 0 Å². The zero-order valence-corrected chi connectivity index (χ0v) is 12.3. The van der Waals surface area contributed by atoms with E-state index >= 15 is 0 Å². The summed E-state index contributed by atoms with van der Waals surface area (Å²) in [6.45, 7) is 0. The van der Waals surface area contributed by atoms with E-state index < -0.39 is 0 Å². The molecule has 0 N–H and O–H groups in total. The van der Waals surface area contributed by atoms with Crippen LogP contribution in [0.15, 0.2) is 90.5 Å². The van der Waals surface area contributed by atoms with Gasteiger partial charge in [-0.2, -0.15) is 0 Å². The van der Waals surface area contributed by atoms with E-state index in [9.17, 15) is 0 Å². The minimum absolute atomic E-state index is 1.04. The Morgan fingerprint density at radius 3 is 1.62 bits per heavy atom. The van der Waals surface area contributed by atoms with Gasteiger partial charge in [0, 0.05) is 11.1 Å². The van der Waals surface area contributed by atoms with Crippen molar-refractivity contribution >= 4 is 17.2 Å². The van der Waals surface area contributed by atoms with Crippen molar-refractivity contribution in [1.29, 1.82) is 0 Å². The molecule has 0 saturated carbocycles. The average Bonchev–Trinajstić information content (AvgIpc) is 2.58. The molecule has 102 valence electrons. The topological polar surface area (TPSA) is 0 Å². The smallest absolute Gasteiger partial charge is 0.0127 e. The van der Waals surface area contributed by atoms with E-state index in [1.54, 1.807) is 5.54 Å². The van der Waals surface area contributed by atoms with Gasteiger partial charge in [0.2, 0.25) is 0 Å². The molecule has 0 fully saturated rings. The third-order valence-corrected chi connectivity index (χ3v) is 3.72. The van der Waals surface area contributed by atoms with Crippen LogP contribution in [0.5, 0.6) is 0 Å². The first-order valence-corrected chi connectivity index (χ1v) is 7.34. The molecule has 0 aliphatic carbocycles. The molecule has 0 spiro atoms. The summed E-state index contributed by atoms with van der Waals surface area (Å²) < 4.78 is 0. The summed E-state index contributed by atoms with van der Waals surface area (Å²) in [4.78, 5) is 0. The zero-order chi connectivity index (χ0) is 14.5. The van der Waals surface area contributed by atoms with Crippen molar-refractivity contribution in [3.05, 3.63) is 102 Å². The van der Waals surface area contributed by atoms with E-state index in [-0.39, 0.29) is 0 Å². The normalized spacial score (nSPS) is 11.4. The summed E-state index contributed by atoms with van der Waals surface area (Å²) in [6, 6.07) is 29.1. The molecule has 3 rings (SSSR count). The van der Waals surface area contributed by atoms with Gasteiger partial charge in [-0.25, -0.2) is 0 Å². The standard InChI is InChI=1S/C20H15Cl/c21-15-20(18-9-5-2-6-10-18)19-13-11-17(12-14-19)16-7-3-1-4-8-16/h1-15H/b20-15-. The van der Waals surface area contributed by atoms with Crippen LogP contribution in [-0.4, -0.2) is 0 Å². The van der Waals surface area contributed by atoms with Gasteiger partial charge in [0.25, 0.3) is 0 Å². The number of benzene rings is 3. The maximum absolute atomic E-state index is 6.03. The molecule has 0 saturated heterocycles. The molecule has 0 aliphatic heterocycles. The molecule has 0 amide bonds. The lowest BCUT2D eigenvalue weighted by molar-refractivity contribution is 1.54. The van der Waals surface area contributed by atoms with Crippen LogP contribution < -0.4 is 0 Å². The first kappa shape index (κ1) is 13.7. The Bertz CT molecular complexity index is 726. The van der Waals surface area contributed by atoms with Crippen molar-refractivity contribution in [3.8, 4) is 11.1 Å². The molecule has 0 bridgehead atoms.